The average molecular weight is 455 g/mol. The molecule has 6 nitrogen and oxygen atoms in total. The largest absolute Gasteiger partial charge is 0.478 e. The van der Waals surface area contributed by atoms with Crippen LogP contribution in [0.4, 0.5) is 5.69 Å². The molecule has 0 aliphatic carbocycles. The molecule has 3 N–H and O–H groups in total. The van der Waals surface area contributed by atoms with Crippen molar-refractivity contribution in [3.05, 3.63) is 81.4 Å². The van der Waals surface area contributed by atoms with Gasteiger partial charge in [-0.2, -0.15) is 0 Å². The summed E-state index contributed by atoms with van der Waals surface area (Å²) in [5.41, 5.74) is 2.48. The van der Waals surface area contributed by atoms with Gasteiger partial charge in [-0.1, -0.05) is 42.4 Å². The highest BCUT2D eigenvalue weighted by molar-refractivity contribution is 8.05. The van der Waals surface area contributed by atoms with Gasteiger partial charge >= 0.3 is 5.97 Å². The quantitative estimate of drug-likeness (QED) is 0.428. The van der Waals surface area contributed by atoms with Gasteiger partial charge in [0, 0.05) is 17.3 Å². The van der Waals surface area contributed by atoms with Crippen molar-refractivity contribution in [1.29, 1.82) is 0 Å². The van der Waals surface area contributed by atoms with Crippen LogP contribution in [0.15, 0.2) is 63.9 Å². The Morgan fingerprint density at radius 2 is 2.00 bits per heavy atom. The summed E-state index contributed by atoms with van der Waals surface area (Å²) in [6.45, 7) is 2.10. The second kappa shape index (κ2) is 8.91. The first-order valence-electron chi connectivity index (χ1n) is 9.60. The van der Waals surface area contributed by atoms with Crippen molar-refractivity contribution in [2.24, 2.45) is 0 Å². The molecule has 1 aliphatic rings. The summed E-state index contributed by atoms with van der Waals surface area (Å²) in [6.07, 6.45) is 2.64. The van der Waals surface area contributed by atoms with Gasteiger partial charge in [0.05, 0.1) is 15.5 Å². The molecule has 2 heterocycles. The molecule has 0 spiro atoms. The first-order valence-corrected chi connectivity index (χ1v) is 10.9. The third-order valence-corrected chi connectivity index (χ3v) is 6.13. The highest BCUT2D eigenvalue weighted by Gasteiger charge is 2.27. The van der Waals surface area contributed by atoms with Gasteiger partial charge < -0.3 is 20.2 Å². The maximum absolute atomic E-state index is 12.4. The van der Waals surface area contributed by atoms with E-state index in [-0.39, 0.29) is 22.0 Å². The fourth-order valence-corrected chi connectivity index (χ4v) is 4.27. The summed E-state index contributed by atoms with van der Waals surface area (Å²) in [5.74, 6) is -0.319. The van der Waals surface area contributed by atoms with Crippen LogP contribution in [0.25, 0.3) is 17.4 Å². The third kappa shape index (κ3) is 4.78. The number of carbonyl (C=O) groups is 2. The minimum atomic E-state index is -1.11. The molecule has 1 fully saturated rings. The maximum Gasteiger partial charge on any atom is 0.337 e. The van der Waals surface area contributed by atoms with Crippen molar-refractivity contribution in [3.8, 4) is 11.3 Å². The molecule has 158 valence electrons. The average Bonchev–Trinajstić information content (AvgIpc) is 3.35. The van der Waals surface area contributed by atoms with Crippen LogP contribution < -0.4 is 10.6 Å². The molecular weight excluding hydrogens is 436 g/mol. The number of halogens is 1. The summed E-state index contributed by atoms with van der Waals surface area (Å²) in [6, 6.07) is 16.2. The molecule has 4 rings (SSSR count). The Morgan fingerprint density at radius 3 is 2.71 bits per heavy atom. The van der Waals surface area contributed by atoms with Gasteiger partial charge in [-0.15, -0.1) is 0 Å². The highest BCUT2D eigenvalue weighted by Crippen LogP contribution is 2.32. The molecule has 0 radical (unpaired) electrons. The third-order valence-electron chi connectivity index (χ3n) is 4.77. The van der Waals surface area contributed by atoms with E-state index in [1.54, 1.807) is 24.3 Å². The predicted octanol–water partition coefficient (Wildman–Crippen LogP) is 5.46. The summed E-state index contributed by atoms with van der Waals surface area (Å²) >= 11 is 7.29. The number of rotatable bonds is 6. The van der Waals surface area contributed by atoms with Crippen molar-refractivity contribution >= 4 is 47.0 Å². The topological polar surface area (TPSA) is 91.6 Å². The first-order chi connectivity index (χ1) is 14.9. The number of thioether (sulfide) groups is 1. The van der Waals surface area contributed by atoms with E-state index in [1.165, 1.54) is 29.5 Å². The Hall–Kier alpha value is -3.16. The van der Waals surface area contributed by atoms with Crippen LogP contribution in [-0.2, 0) is 11.2 Å². The monoisotopic (exact) mass is 454 g/mol. The first kappa shape index (κ1) is 21.1. The van der Waals surface area contributed by atoms with Gasteiger partial charge in [-0.05, 0) is 54.4 Å². The van der Waals surface area contributed by atoms with E-state index in [1.807, 2.05) is 12.1 Å². The Morgan fingerprint density at radius 1 is 1.23 bits per heavy atom. The van der Waals surface area contributed by atoms with Crippen molar-refractivity contribution in [2.45, 2.75) is 18.8 Å². The number of nitrogens with one attached hydrogen (secondary N) is 2. The maximum atomic E-state index is 12.4. The number of aromatic carboxylic acids is 1. The zero-order chi connectivity index (χ0) is 22.0. The Bertz CT molecular complexity index is 1170. The van der Waals surface area contributed by atoms with E-state index in [0.717, 1.165) is 12.1 Å². The van der Waals surface area contributed by atoms with Crippen LogP contribution >= 0.6 is 23.4 Å². The van der Waals surface area contributed by atoms with Gasteiger partial charge in [0.2, 0.25) is 0 Å². The fourth-order valence-electron chi connectivity index (χ4n) is 3.11. The number of aryl methyl sites for hydroxylation is 1. The Kier molecular flexibility index (Phi) is 6.06. The molecule has 1 aliphatic heterocycles. The van der Waals surface area contributed by atoms with Crippen LogP contribution in [0.2, 0.25) is 5.02 Å². The van der Waals surface area contributed by atoms with E-state index in [4.69, 9.17) is 16.0 Å². The Balaban J connectivity index is 1.48. The smallest absolute Gasteiger partial charge is 0.337 e. The van der Waals surface area contributed by atoms with Crippen molar-refractivity contribution in [3.63, 3.8) is 0 Å². The van der Waals surface area contributed by atoms with Crippen LogP contribution in [0.3, 0.4) is 0 Å². The molecule has 0 saturated carbocycles. The number of carbonyl (C=O) groups excluding carboxylic acids is 1. The summed E-state index contributed by atoms with van der Waals surface area (Å²) in [4.78, 5) is 24.2. The number of carboxylic acid groups (broad SMARTS) is 1. The number of furan rings is 1. The second-order valence-electron chi connectivity index (χ2n) is 6.88. The van der Waals surface area contributed by atoms with Gasteiger partial charge in [0.15, 0.2) is 5.50 Å². The molecule has 3 aromatic rings. The molecule has 31 heavy (non-hydrogen) atoms. The molecule has 2 aromatic carbocycles. The summed E-state index contributed by atoms with van der Waals surface area (Å²) < 4.78 is 5.81. The molecule has 8 heteroatoms. The fraction of sp³-hybridized carbons (Fsp3) is 0.130. The van der Waals surface area contributed by atoms with E-state index in [2.05, 4.69) is 29.7 Å². The molecule has 1 amide bonds. The van der Waals surface area contributed by atoms with Crippen LogP contribution in [0, 0.1) is 0 Å². The van der Waals surface area contributed by atoms with E-state index >= 15 is 0 Å². The van der Waals surface area contributed by atoms with Crippen LogP contribution in [0.1, 0.15) is 28.6 Å². The van der Waals surface area contributed by atoms with Crippen molar-refractivity contribution in [2.75, 3.05) is 5.32 Å². The van der Waals surface area contributed by atoms with Gasteiger partial charge in [-0.25, -0.2) is 4.79 Å². The lowest BCUT2D eigenvalue weighted by atomic mass is 10.1. The minimum absolute atomic E-state index is 0.00193. The zero-order valence-electron chi connectivity index (χ0n) is 16.5. The molecule has 0 bridgehead atoms. The van der Waals surface area contributed by atoms with Crippen LogP contribution in [0.5, 0.6) is 0 Å². The molecule has 1 saturated heterocycles. The summed E-state index contributed by atoms with van der Waals surface area (Å²) in [5, 5.41) is 15.6. The SMILES string of the molecule is CCc1ccc(N[C@H]2NC(=O)/C(=C\c3ccc(-c4ccc(Cl)c(C(=O)O)c4)o3)S2)cc1. The molecule has 1 aromatic heterocycles. The summed E-state index contributed by atoms with van der Waals surface area (Å²) in [7, 11) is 0. The van der Waals surface area contributed by atoms with E-state index in [9.17, 15) is 14.7 Å². The second-order valence-corrected chi connectivity index (χ2v) is 8.43. The molecule has 1 atom stereocenters. The normalized spacial score (nSPS) is 17.0. The van der Waals surface area contributed by atoms with Gasteiger partial charge in [0.1, 0.15) is 11.5 Å². The minimum Gasteiger partial charge on any atom is -0.478 e. The van der Waals surface area contributed by atoms with Gasteiger partial charge in [-0.3, -0.25) is 4.79 Å². The number of hydrogen-bond acceptors (Lipinski definition) is 5. The number of hydrogen-bond donors (Lipinski definition) is 3. The lowest BCUT2D eigenvalue weighted by Crippen LogP contribution is -2.30. The number of benzene rings is 2. The number of carboxylic acids is 1. The Labute approximate surface area is 188 Å². The standard InChI is InChI=1S/C23H19ClN2O4S/c1-2-13-3-6-15(7-4-13)25-23-26-21(27)20(31-23)12-16-8-10-19(30-16)14-5-9-18(24)17(11-14)22(28)29/h3-12,23,25H,2H2,1H3,(H,26,27)(H,28,29)/b20-12+/t23-/m0/s1. The number of amides is 1. The lowest BCUT2D eigenvalue weighted by molar-refractivity contribution is -0.116. The zero-order valence-corrected chi connectivity index (χ0v) is 18.1. The van der Waals surface area contributed by atoms with Crippen molar-refractivity contribution < 1.29 is 19.1 Å². The molecular formula is C23H19ClN2O4S. The van der Waals surface area contributed by atoms with Crippen molar-refractivity contribution in [1.82, 2.24) is 5.32 Å². The van der Waals surface area contributed by atoms with E-state index in [0.29, 0.717) is 22.0 Å². The number of anilines is 1. The molecule has 0 unspecified atom stereocenters. The van der Waals surface area contributed by atoms with Crippen LogP contribution in [-0.4, -0.2) is 22.5 Å². The lowest BCUT2D eigenvalue weighted by Gasteiger charge is -2.12. The van der Waals surface area contributed by atoms with E-state index < -0.39 is 5.97 Å². The van der Waals surface area contributed by atoms with Gasteiger partial charge in [0.25, 0.3) is 5.91 Å². The predicted molar refractivity (Wildman–Crippen MR) is 123 cm³/mol. The highest BCUT2D eigenvalue weighted by atomic mass is 35.5.